The van der Waals surface area contributed by atoms with Crippen LogP contribution in [0.4, 0.5) is 5.82 Å². The van der Waals surface area contributed by atoms with E-state index >= 15 is 0 Å². The summed E-state index contributed by atoms with van der Waals surface area (Å²) in [6, 6.07) is 9.21. The van der Waals surface area contributed by atoms with Crippen molar-refractivity contribution in [2.75, 3.05) is 27.1 Å². The molecule has 5 nitrogen and oxygen atoms in total. The molecule has 0 fully saturated rings. The monoisotopic (exact) mass is 260 g/mol. The largest absolute Gasteiger partial charge is 0.493 e. The fourth-order valence-corrected chi connectivity index (χ4v) is 1.79. The van der Waals surface area contributed by atoms with Gasteiger partial charge in [-0.1, -0.05) is 0 Å². The first-order valence-corrected chi connectivity index (χ1v) is 5.72. The van der Waals surface area contributed by atoms with Crippen molar-refractivity contribution in [1.29, 1.82) is 0 Å². The van der Waals surface area contributed by atoms with Gasteiger partial charge in [0.25, 0.3) is 0 Å². The Bertz CT molecular complexity index is 585. The molecule has 0 unspecified atom stereocenters. The molecule has 0 amide bonds. The summed E-state index contributed by atoms with van der Waals surface area (Å²) in [6.07, 6.45) is 0. The highest BCUT2D eigenvalue weighted by atomic mass is 16.5. The van der Waals surface area contributed by atoms with E-state index in [2.05, 4.69) is 4.98 Å². The van der Waals surface area contributed by atoms with Crippen molar-refractivity contribution < 1.29 is 14.2 Å². The lowest BCUT2D eigenvalue weighted by molar-refractivity contribution is 0.355. The van der Waals surface area contributed by atoms with Gasteiger partial charge in [-0.25, -0.2) is 4.98 Å². The zero-order chi connectivity index (χ0) is 13.8. The van der Waals surface area contributed by atoms with Crippen molar-refractivity contribution in [3.63, 3.8) is 0 Å². The predicted octanol–water partition coefficient (Wildman–Crippen LogP) is 2.36. The van der Waals surface area contributed by atoms with E-state index in [4.69, 9.17) is 19.9 Å². The fraction of sp³-hybridized carbons (Fsp3) is 0.214. The lowest BCUT2D eigenvalue weighted by Gasteiger charge is -2.10. The van der Waals surface area contributed by atoms with Crippen LogP contribution >= 0.6 is 0 Å². The Morgan fingerprint density at radius 3 is 2.05 bits per heavy atom. The third-order valence-electron chi connectivity index (χ3n) is 2.79. The van der Waals surface area contributed by atoms with E-state index < -0.39 is 0 Å². The Morgan fingerprint density at radius 2 is 1.47 bits per heavy atom. The third kappa shape index (κ3) is 2.54. The molecule has 2 N–H and O–H groups in total. The first-order valence-electron chi connectivity index (χ1n) is 5.72. The smallest absolute Gasteiger partial charge is 0.166 e. The lowest BCUT2D eigenvalue weighted by atomic mass is 10.1. The third-order valence-corrected chi connectivity index (χ3v) is 2.79. The van der Waals surface area contributed by atoms with Crippen molar-refractivity contribution in [1.82, 2.24) is 4.98 Å². The molecule has 19 heavy (non-hydrogen) atoms. The van der Waals surface area contributed by atoms with E-state index in [1.807, 2.05) is 24.3 Å². The quantitative estimate of drug-likeness (QED) is 0.914. The average Bonchev–Trinajstić information content (AvgIpc) is 2.46. The number of rotatable bonds is 4. The minimum atomic E-state index is 0.356. The maximum atomic E-state index is 5.80. The number of hydrogen-bond acceptors (Lipinski definition) is 5. The SMILES string of the molecule is COc1ccc(-c2ccc(OC)c(N)n2)cc1OC. The lowest BCUT2D eigenvalue weighted by Crippen LogP contribution is -1.97. The number of nitrogen functional groups attached to an aromatic ring is 1. The van der Waals surface area contributed by atoms with Crippen LogP contribution in [-0.2, 0) is 0 Å². The molecule has 0 aliphatic carbocycles. The van der Waals surface area contributed by atoms with E-state index in [1.54, 1.807) is 27.4 Å². The summed E-state index contributed by atoms with van der Waals surface area (Å²) in [5.74, 6) is 2.24. The van der Waals surface area contributed by atoms with Crippen molar-refractivity contribution in [2.45, 2.75) is 0 Å². The fourth-order valence-electron chi connectivity index (χ4n) is 1.79. The van der Waals surface area contributed by atoms with E-state index in [0.717, 1.165) is 11.3 Å². The van der Waals surface area contributed by atoms with Crippen LogP contribution in [0.2, 0.25) is 0 Å². The van der Waals surface area contributed by atoms with Crippen molar-refractivity contribution >= 4 is 5.82 Å². The van der Waals surface area contributed by atoms with Crippen LogP contribution in [0, 0.1) is 0 Å². The molecular weight excluding hydrogens is 244 g/mol. The number of nitrogens with two attached hydrogens (primary N) is 1. The predicted molar refractivity (Wildman–Crippen MR) is 73.7 cm³/mol. The molecule has 0 radical (unpaired) electrons. The van der Waals surface area contributed by atoms with Crippen molar-refractivity contribution in [3.8, 4) is 28.5 Å². The van der Waals surface area contributed by atoms with E-state index in [0.29, 0.717) is 23.1 Å². The number of anilines is 1. The summed E-state index contributed by atoms with van der Waals surface area (Å²) >= 11 is 0. The van der Waals surface area contributed by atoms with E-state index in [1.165, 1.54) is 0 Å². The van der Waals surface area contributed by atoms with Gasteiger partial charge in [-0.3, -0.25) is 0 Å². The Morgan fingerprint density at radius 1 is 0.842 bits per heavy atom. The Balaban J connectivity index is 2.44. The molecule has 0 aliphatic heterocycles. The second-order valence-electron chi connectivity index (χ2n) is 3.85. The van der Waals surface area contributed by atoms with Gasteiger partial charge >= 0.3 is 0 Å². The number of nitrogens with zero attached hydrogens (tertiary/aromatic N) is 1. The molecule has 0 spiro atoms. The molecule has 1 aromatic carbocycles. The van der Waals surface area contributed by atoms with Gasteiger partial charge in [0.1, 0.15) is 0 Å². The second-order valence-corrected chi connectivity index (χ2v) is 3.85. The number of benzene rings is 1. The zero-order valence-electron chi connectivity index (χ0n) is 11.1. The van der Waals surface area contributed by atoms with Gasteiger partial charge in [0.15, 0.2) is 23.1 Å². The Labute approximate surface area is 111 Å². The second kappa shape index (κ2) is 5.48. The molecule has 0 bridgehead atoms. The average molecular weight is 260 g/mol. The van der Waals surface area contributed by atoms with Crippen molar-refractivity contribution in [2.24, 2.45) is 0 Å². The number of methoxy groups -OCH3 is 3. The Kier molecular flexibility index (Phi) is 3.75. The van der Waals surface area contributed by atoms with Crippen LogP contribution in [0.25, 0.3) is 11.3 Å². The molecule has 0 atom stereocenters. The molecule has 0 saturated carbocycles. The molecule has 0 aliphatic rings. The van der Waals surface area contributed by atoms with E-state index in [-0.39, 0.29) is 0 Å². The van der Waals surface area contributed by atoms with E-state index in [9.17, 15) is 0 Å². The highest BCUT2D eigenvalue weighted by Gasteiger charge is 2.09. The maximum absolute atomic E-state index is 5.80. The number of pyridine rings is 1. The van der Waals surface area contributed by atoms with Crippen LogP contribution in [-0.4, -0.2) is 26.3 Å². The number of aromatic nitrogens is 1. The summed E-state index contributed by atoms with van der Waals surface area (Å²) in [5, 5.41) is 0. The van der Waals surface area contributed by atoms with Gasteiger partial charge in [-0.05, 0) is 30.3 Å². The molecule has 2 rings (SSSR count). The van der Waals surface area contributed by atoms with Gasteiger partial charge in [0.2, 0.25) is 0 Å². The highest BCUT2D eigenvalue weighted by molar-refractivity contribution is 5.66. The Hall–Kier alpha value is -2.43. The summed E-state index contributed by atoms with van der Waals surface area (Å²) in [4.78, 5) is 4.30. The summed E-state index contributed by atoms with van der Waals surface area (Å²) in [5.41, 5.74) is 7.45. The van der Waals surface area contributed by atoms with Gasteiger partial charge in [0, 0.05) is 5.56 Å². The van der Waals surface area contributed by atoms with Crippen LogP contribution in [0.15, 0.2) is 30.3 Å². The van der Waals surface area contributed by atoms with Crippen LogP contribution in [0.3, 0.4) is 0 Å². The molecular formula is C14H16N2O3. The molecule has 1 heterocycles. The summed E-state index contributed by atoms with van der Waals surface area (Å²) < 4.78 is 15.5. The minimum Gasteiger partial charge on any atom is -0.493 e. The topological polar surface area (TPSA) is 66.6 Å². The maximum Gasteiger partial charge on any atom is 0.166 e. The van der Waals surface area contributed by atoms with Gasteiger partial charge < -0.3 is 19.9 Å². The van der Waals surface area contributed by atoms with Gasteiger partial charge in [0.05, 0.1) is 27.0 Å². The molecule has 2 aromatic rings. The summed E-state index contributed by atoms with van der Waals surface area (Å²) in [6.45, 7) is 0. The van der Waals surface area contributed by atoms with Crippen molar-refractivity contribution in [3.05, 3.63) is 30.3 Å². The highest BCUT2D eigenvalue weighted by Crippen LogP contribution is 2.32. The molecule has 100 valence electrons. The van der Waals surface area contributed by atoms with Crippen LogP contribution in [0.5, 0.6) is 17.2 Å². The normalized spacial score (nSPS) is 10.1. The summed E-state index contributed by atoms with van der Waals surface area (Å²) in [7, 11) is 4.75. The number of hydrogen-bond donors (Lipinski definition) is 1. The van der Waals surface area contributed by atoms with Gasteiger partial charge in [-0.2, -0.15) is 0 Å². The first kappa shape index (κ1) is 13.0. The van der Waals surface area contributed by atoms with Gasteiger partial charge in [-0.15, -0.1) is 0 Å². The van der Waals surface area contributed by atoms with Crippen LogP contribution in [0.1, 0.15) is 0 Å². The standard InChI is InChI=1S/C14H16N2O3/c1-17-11-6-4-9(8-13(11)19-3)10-5-7-12(18-2)14(15)16-10/h4-8H,1-3H3,(H2,15,16). The molecule has 0 saturated heterocycles. The number of ether oxygens (including phenoxy) is 3. The first-order chi connectivity index (χ1) is 9.19. The minimum absolute atomic E-state index is 0.356. The van der Waals surface area contributed by atoms with Crippen LogP contribution < -0.4 is 19.9 Å². The zero-order valence-corrected chi connectivity index (χ0v) is 11.1. The molecule has 1 aromatic heterocycles. The molecule has 5 heteroatoms.